The van der Waals surface area contributed by atoms with Crippen LogP contribution in [0.1, 0.15) is 18.1 Å². The molecule has 24 heavy (non-hydrogen) atoms. The molecule has 3 rings (SSSR count). The summed E-state index contributed by atoms with van der Waals surface area (Å²) >= 11 is 0. The van der Waals surface area contributed by atoms with Crippen LogP contribution in [0.5, 0.6) is 5.88 Å². The number of aliphatic imine (C=N–C) groups is 1. The van der Waals surface area contributed by atoms with Gasteiger partial charge in [-0.3, -0.25) is 19.9 Å². The fourth-order valence-corrected chi connectivity index (χ4v) is 2.29. The van der Waals surface area contributed by atoms with Crippen molar-refractivity contribution in [3.05, 3.63) is 76.3 Å². The van der Waals surface area contributed by atoms with E-state index >= 15 is 0 Å². The van der Waals surface area contributed by atoms with Crippen LogP contribution >= 0.6 is 0 Å². The highest BCUT2D eigenvalue weighted by Crippen LogP contribution is 2.13. The lowest BCUT2D eigenvalue weighted by atomic mass is 10.3. The van der Waals surface area contributed by atoms with E-state index in [0.29, 0.717) is 24.6 Å². The van der Waals surface area contributed by atoms with E-state index in [1.807, 2.05) is 49.4 Å². The lowest BCUT2D eigenvalue weighted by Crippen LogP contribution is -2.17. The van der Waals surface area contributed by atoms with Crippen molar-refractivity contribution in [1.82, 2.24) is 14.8 Å². The molecule has 0 radical (unpaired) electrons. The predicted molar refractivity (Wildman–Crippen MR) is 93.1 cm³/mol. The molecule has 0 bridgehead atoms. The monoisotopic (exact) mass is 322 g/mol. The number of ether oxygens (including phenoxy) is 1. The van der Waals surface area contributed by atoms with Gasteiger partial charge in [0.15, 0.2) is 0 Å². The number of para-hydroxylation sites is 1. The van der Waals surface area contributed by atoms with Crippen LogP contribution in [-0.4, -0.2) is 27.6 Å². The van der Waals surface area contributed by atoms with E-state index in [-0.39, 0.29) is 5.56 Å². The zero-order chi connectivity index (χ0) is 16.8. The molecular formula is C18H18N4O2. The number of nitrogens with zero attached hydrogens (tertiary/aromatic N) is 3. The highest BCUT2D eigenvalue weighted by Gasteiger charge is 2.14. The molecule has 0 spiro atoms. The number of aromatic nitrogens is 3. The van der Waals surface area contributed by atoms with Gasteiger partial charge in [0, 0.05) is 18.6 Å². The minimum absolute atomic E-state index is 0.195. The summed E-state index contributed by atoms with van der Waals surface area (Å²) in [6.45, 7) is 2.78. The SMILES string of the molecule is CCOc1[nH]n(-c2ccccc2)c(=O)c1C=NCc1cccnc1. The van der Waals surface area contributed by atoms with Gasteiger partial charge in [0.25, 0.3) is 5.56 Å². The van der Waals surface area contributed by atoms with E-state index in [0.717, 1.165) is 11.3 Å². The largest absolute Gasteiger partial charge is 0.478 e. The second kappa shape index (κ2) is 7.41. The number of hydrogen-bond donors (Lipinski definition) is 1. The van der Waals surface area contributed by atoms with Crippen LogP contribution in [0.25, 0.3) is 5.69 Å². The van der Waals surface area contributed by atoms with Gasteiger partial charge < -0.3 is 4.74 Å². The molecule has 0 saturated carbocycles. The quantitative estimate of drug-likeness (QED) is 0.709. The number of benzene rings is 1. The van der Waals surface area contributed by atoms with Crippen molar-refractivity contribution in [1.29, 1.82) is 0 Å². The Labute approximate surface area is 139 Å². The minimum atomic E-state index is -0.195. The van der Waals surface area contributed by atoms with Crippen molar-refractivity contribution < 1.29 is 4.74 Å². The molecule has 0 aliphatic heterocycles. The second-order valence-electron chi connectivity index (χ2n) is 5.09. The van der Waals surface area contributed by atoms with Gasteiger partial charge in [0.2, 0.25) is 5.88 Å². The van der Waals surface area contributed by atoms with Crippen molar-refractivity contribution >= 4 is 6.21 Å². The normalized spacial score (nSPS) is 11.0. The smallest absolute Gasteiger partial charge is 0.284 e. The maximum absolute atomic E-state index is 12.7. The van der Waals surface area contributed by atoms with Crippen molar-refractivity contribution in [3.8, 4) is 11.6 Å². The number of hydrogen-bond acceptors (Lipinski definition) is 4. The Hall–Kier alpha value is -3.15. The average Bonchev–Trinajstić information content (AvgIpc) is 2.93. The highest BCUT2D eigenvalue weighted by atomic mass is 16.5. The van der Waals surface area contributed by atoms with Crippen LogP contribution in [-0.2, 0) is 6.54 Å². The molecule has 0 aliphatic rings. The number of rotatable bonds is 6. The zero-order valence-corrected chi connectivity index (χ0v) is 13.3. The van der Waals surface area contributed by atoms with E-state index < -0.39 is 0 Å². The molecule has 1 aromatic carbocycles. The first-order valence-corrected chi connectivity index (χ1v) is 7.71. The Bertz CT molecular complexity index is 867. The molecule has 122 valence electrons. The van der Waals surface area contributed by atoms with Crippen molar-refractivity contribution in [3.63, 3.8) is 0 Å². The van der Waals surface area contributed by atoms with Gasteiger partial charge >= 0.3 is 0 Å². The maximum Gasteiger partial charge on any atom is 0.284 e. The third-order valence-electron chi connectivity index (χ3n) is 3.41. The lowest BCUT2D eigenvalue weighted by molar-refractivity contribution is 0.324. The molecule has 0 saturated heterocycles. The third-order valence-corrected chi connectivity index (χ3v) is 3.41. The number of H-pyrrole nitrogens is 1. The number of aromatic amines is 1. The fraction of sp³-hybridized carbons (Fsp3) is 0.167. The molecule has 0 unspecified atom stereocenters. The van der Waals surface area contributed by atoms with Gasteiger partial charge in [-0.1, -0.05) is 24.3 Å². The van der Waals surface area contributed by atoms with Crippen LogP contribution in [0, 0.1) is 0 Å². The topological polar surface area (TPSA) is 72.3 Å². The molecule has 6 heteroatoms. The highest BCUT2D eigenvalue weighted by molar-refractivity contribution is 5.82. The molecule has 6 nitrogen and oxygen atoms in total. The Morgan fingerprint density at radius 2 is 2.08 bits per heavy atom. The fourth-order valence-electron chi connectivity index (χ4n) is 2.29. The summed E-state index contributed by atoms with van der Waals surface area (Å²) in [5.74, 6) is 0.418. The predicted octanol–water partition coefficient (Wildman–Crippen LogP) is 2.58. The molecule has 0 fully saturated rings. The number of nitrogens with one attached hydrogen (secondary N) is 1. The van der Waals surface area contributed by atoms with E-state index in [1.165, 1.54) is 4.68 Å². The Balaban J connectivity index is 1.91. The van der Waals surface area contributed by atoms with Gasteiger partial charge in [-0.05, 0) is 30.7 Å². The zero-order valence-electron chi connectivity index (χ0n) is 13.3. The lowest BCUT2D eigenvalue weighted by Gasteiger charge is -2.01. The molecule has 3 aromatic rings. The Morgan fingerprint density at radius 3 is 2.79 bits per heavy atom. The molecule has 0 amide bonds. The molecule has 2 aromatic heterocycles. The van der Waals surface area contributed by atoms with Crippen LogP contribution in [0.2, 0.25) is 0 Å². The molecule has 0 aliphatic carbocycles. The van der Waals surface area contributed by atoms with E-state index in [2.05, 4.69) is 15.1 Å². The van der Waals surface area contributed by atoms with Gasteiger partial charge in [-0.25, -0.2) is 4.68 Å². The molecule has 0 atom stereocenters. The van der Waals surface area contributed by atoms with E-state index in [4.69, 9.17) is 4.74 Å². The van der Waals surface area contributed by atoms with Crippen molar-refractivity contribution in [2.75, 3.05) is 6.61 Å². The first-order valence-electron chi connectivity index (χ1n) is 7.71. The Kier molecular flexibility index (Phi) is 4.86. The van der Waals surface area contributed by atoms with Crippen LogP contribution < -0.4 is 10.3 Å². The summed E-state index contributed by atoms with van der Waals surface area (Å²) in [5, 5.41) is 2.99. The van der Waals surface area contributed by atoms with Gasteiger partial charge in [-0.15, -0.1) is 0 Å². The third kappa shape index (κ3) is 3.43. The van der Waals surface area contributed by atoms with E-state index in [9.17, 15) is 4.79 Å². The summed E-state index contributed by atoms with van der Waals surface area (Å²) in [5.41, 5.74) is 1.94. The summed E-state index contributed by atoms with van der Waals surface area (Å²) in [6, 6.07) is 13.1. The first-order chi connectivity index (χ1) is 11.8. The van der Waals surface area contributed by atoms with Gasteiger partial charge in [0.1, 0.15) is 5.56 Å². The number of pyridine rings is 1. The summed E-state index contributed by atoms with van der Waals surface area (Å²) in [7, 11) is 0. The van der Waals surface area contributed by atoms with Crippen molar-refractivity contribution in [2.45, 2.75) is 13.5 Å². The van der Waals surface area contributed by atoms with Gasteiger partial charge in [-0.2, -0.15) is 0 Å². The molecule has 1 N–H and O–H groups in total. The summed E-state index contributed by atoms with van der Waals surface area (Å²) in [4.78, 5) is 21.0. The van der Waals surface area contributed by atoms with Crippen LogP contribution in [0.4, 0.5) is 0 Å². The second-order valence-corrected chi connectivity index (χ2v) is 5.09. The molecule has 2 heterocycles. The van der Waals surface area contributed by atoms with Crippen molar-refractivity contribution in [2.24, 2.45) is 4.99 Å². The van der Waals surface area contributed by atoms with E-state index in [1.54, 1.807) is 18.6 Å². The summed E-state index contributed by atoms with van der Waals surface area (Å²) in [6.07, 6.45) is 5.02. The standard InChI is InChI=1S/C18H18N4O2/c1-2-24-17-16(13-20-12-14-7-6-10-19-11-14)18(23)22(21-17)15-8-4-3-5-9-15/h3-11,13,21H,2,12H2,1H3. The maximum atomic E-state index is 12.7. The first kappa shape index (κ1) is 15.7. The summed E-state index contributed by atoms with van der Waals surface area (Å²) < 4.78 is 7.00. The minimum Gasteiger partial charge on any atom is -0.478 e. The average molecular weight is 322 g/mol. The van der Waals surface area contributed by atoms with Crippen LogP contribution in [0.15, 0.2) is 64.6 Å². The Morgan fingerprint density at radius 1 is 1.25 bits per heavy atom. The van der Waals surface area contributed by atoms with Crippen LogP contribution in [0.3, 0.4) is 0 Å². The van der Waals surface area contributed by atoms with Gasteiger partial charge in [0.05, 0.1) is 18.8 Å². The molecular weight excluding hydrogens is 304 g/mol.